The molecule has 0 aliphatic heterocycles. The third-order valence-electron chi connectivity index (χ3n) is 2.51. The van der Waals surface area contributed by atoms with Gasteiger partial charge in [0.2, 0.25) is 0 Å². The number of hydrogen-bond donors (Lipinski definition) is 2. The Bertz CT molecular complexity index is 543. The third-order valence-corrected chi connectivity index (χ3v) is 2.84. The topological polar surface area (TPSA) is 47.3 Å². The van der Waals surface area contributed by atoms with Crippen LogP contribution < -0.4 is 15.8 Å². The monoisotopic (exact) mass is 262 g/mol. The van der Waals surface area contributed by atoms with E-state index in [-0.39, 0.29) is 0 Å². The summed E-state index contributed by atoms with van der Waals surface area (Å²) in [6.07, 6.45) is 0. The fourth-order valence-corrected chi connectivity index (χ4v) is 1.83. The Kier molecular flexibility index (Phi) is 3.95. The molecule has 2 aromatic carbocycles. The molecule has 0 radical (unpaired) electrons. The van der Waals surface area contributed by atoms with Crippen LogP contribution in [0.1, 0.15) is 6.92 Å². The molecule has 0 bridgehead atoms. The lowest BCUT2D eigenvalue weighted by Gasteiger charge is -2.13. The van der Waals surface area contributed by atoms with Gasteiger partial charge in [-0.05, 0) is 31.2 Å². The van der Waals surface area contributed by atoms with Gasteiger partial charge in [-0.15, -0.1) is 0 Å². The van der Waals surface area contributed by atoms with E-state index >= 15 is 0 Å². The number of nitrogens with two attached hydrogens (primary N) is 1. The Morgan fingerprint density at radius 1 is 1.11 bits per heavy atom. The predicted molar refractivity (Wildman–Crippen MR) is 76.8 cm³/mol. The summed E-state index contributed by atoms with van der Waals surface area (Å²) < 4.78 is 5.45. The summed E-state index contributed by atoms with van der Waals surface area (Å²) in [6.45, 7) is 2.51. The number of para-hydroxylation sites is 2. The molecule has 0 aliphatic carbocycles. The number of ether oxygens (including phenoxy) is 1. The van der Waals surface area contributed by atoms with Gasteiger partial charge < -0.3 is 15.8 Å². The van der Waals surface area contributed by atoms with Crippen molar-refractivity contribution in [3.05, 3.63) is 47.5 Å². The molecule has 0 aliphatic rings. The van der Waals surface area contributed by atoms with Crippen LogP contribution in [0.4, 0.5) is 17.1 Å². The Balaban J connectivity index is 2.30. The van der Waals surface area contributed by atoms with Gasteiger partial charge in [0.1, 0.15) is 5.75 Å². The Morgan fingerprint density at radius 3 is 2.56 bits per heavy atom. The lowest BCUT2D eigenvalue weighted by Crippen LogP contribution is -2.01. The molecule has 94 valence electrons. The second-order valence-corrected chi connectivity index (χ2v) is 4.16. The van der Waals surface area contributed by atoms with Crippen molar-refractivity contribution in [1.29, 1.82) is 0 Å². The molecule has 0 spiro atoms. The molecule has 0 fully saturated rings. The lowest BCUT2D eigenvalue weighted by atomic mass is 10.2. The Morgan fingerprint density at radius 2 is 1.83 bits per heavy atom. The largest absolute Gasteiger partial charge is 0.492 e. The van der Waals surface area contributed by atoms with Crippen molar-refractivity contribution in [1.82, 2.24) is 0 Å². The van der Waals surface area contributed by atoms with Crippen LogP contribution in [0.2, 0.25) is 5.02 Å². The molecule has 0 amide bonds. The molecule has 0 heterocycles. The number of nitrogen functional groups attached to an aromatic ring is 1. The van der Waals surface area contributed by atoms with Crippen LogP contribution in [0, 0.1) is 0 Å². The Hall–Kier alpha value is -1.87. The zero-order valence-electron chi connectivity index (χ0n) is 10.1. The average molecular weight is 263 g/mol. The minimum atomic E-state index is 0.583. The second kappa shape index (κ2) is 5.65. The van der Waals surface area contributed by atoms with E-state index < -0.39 is 0 Å². The van der Waals surface area contributed by atoms with E-state index in [1.165, 1.54) is 0 Å². The molecule has 2 rings (SSSR count). The highest BCUT2D eigenvalue weighted by Gasteiger charge is 2.07. The number of halogens is 1. The standard InChI is InChI=1S/C14H15ClN2O/c1-2-18-13-9-5-8-12(14(13)16)17-11-7-4-3-6-10(11)15/h3-9,17H,2,16H2,1H3. The first-order valence-corrected chi connectivity index (χ1v) is 6.13. The van der Waals surface area contributed by atoms with Crippen molar-refractivity contribution in [2.45, 2.75) is 6.92 Å². The number of anilines is 3. The number of nitrogens with one attached hydrogen (secondary N) is 1. The third kappa shape index (κ3) is 2.68. The van der Waals surface area contributed by atoms with Gasteiger partial charge in [-0.25, -0.2) is 0 Å². The Labute approximate surface area is 112 Å². The minimum absolute atomic E-state index is 0.583. The fourth-order valence-electron chi connectivity index (χ4n) is 1.64. The van der Waals surface area contributed by atoms with Crippen molar-refractivity contribution in [2.24, 2.45) is 0 Å². The highest BCUT2D eigenvalue weighted by Crippen LogP contribution is 2.33. The summed E-state index contributed by atoms with van der Waals surface area (Å²) in [5, 5.41) is 3.85. The molecule has 0 unspecified atom stereocenters. The van der Waals surface area contributed by atoms with Crippen LogP contribution in [0.3, 0.4) is 0 Å². The van der Waals surface area contributed by atoms with Gasteiger partial charge >= 0.3 is 0 Å². The van der Waals surface area contributed by atoms with Crippen LogP contribution in [0.5, 0.6) is 5.75 Å². The minimum Gasteiger partial charge on any atom is -0.492 e. The maximum Gasteiger partial charge on any atom is 0.144 e. The van der Waals surface area contributed by atoms with Crippen LogP contribution in [0.25, 0.3) is 0 Å². The van der Waals surface area contributed by atoms with Gasteiger partial charge in [-0.3, -0.25) is 0 Å². The quantitative estimate of drug-likeness (QED) is 0.817. The fraction of sp³-hybridized carbons (Fsp3) is 0.143. The molecular weight excluding hydrogens is 248 g/mol. The summed E-state index contributed by atoms with van der Waals surface area (Å²) in [7, 11) is 0. The van der Waals surface area contributed by atoms with Gasteiger partial charge in [0.05, 0.1) is 28.7 Å². The normalized spacial score (nSPS) is 10.1. The van der Waals surface area contributed by atoms with Gasteiger partial charge in [0, 0.05) is 0 Å². The number of hydrogen-bond acceptors (Lipinski definition) is 3. The van der Waals surface area contributed by atoms with E-state index in [1.54, 1.807) is 0 Å². The van der Waals surface area contributed by atoms with E-state index in [1.807, 2.05) is 49.4 Å². The van der Waals surface area contributed by atoms with Crippen molar-refractivity contribution in [2.75, 3.05) is 17.7 Å². The van der Waals surface area contributed by atoms with Crippen LogP contribution in [-0.2, 0) is 0 Å². The van der Waals surface area contributed by atoms with E-state index in [2.05, 4.69) is 5.32 Å². The van der Waals surface area contributed by atoms with Gasteiger partial charge in [0.25, 0.3) is 0 Å². The maximum atomic E-state index is 6.09. The predicted octanol–water partition coefficient (Wildman–Crippen LogP) is 4.06. The summed E-state index contributed by atoms with van der Waals surface area (Å²) in [4.78, 5) is 0. The molecular formula is C14H15ClN2O. The molecule has 4 heteroatoms. The van der Waals surface area contributed by atoms with E-state index in [4.69, 9.17) is 22.1 Å². The molecule has 2 aromatic rings. The SMILES string of the molecule is CCOc1cccc(Nc2ccccc2Cl)c1N. The van der Waals surface area contributed by atoms with E-state index in [0.29, 0.717) is 23.1 Å². The zero-order valence-corrected chi connectivity index (χ0v) is 10.9. The highest BCUT2D eigenvalue weighted by molar-refractivity contribution is 6.33. The first kappa shape index (κ1) is 12.6. The average Bonchev–Trinajstić information content (AvgIpc) is 2.37. The smallest absolute Gasteiger partial charge is 0.144 e. The maximum absolute atomic E-state index is 6.09. The molecule has 0 atom stereocenters. The number of rotatable bonds is 4. The summed E-state index contributed by atoms with van der Waals surface area (Å²) in [5.41, 5.74) is 8.22. The van der Waals surface area contributed by atoms with Crippen molar-refractivity contribution in [3.8, 4) is 5.75 Å². The molecule has 18 heavy (non-hydrogen) atoms. The summed E-state index contributed by atoms with van der Waals surface area (Å²) in [5.74, 6) is 0.676. The van der Waals surface area contributed by atoms with Crippen molar-refractivity contribution < 1.29 is 4.74 Å². The highest BCUT2D eigenvalue weighted by atomic mass is 35.5. The van der Waals surface area contributed by atoms with Crippen LogP contribution in [-0.4, -0.2) is 6.61 Å². The second-order valence-electron chi connectivity index (χ2n) is 3.76. The summed E-state index contributed by atoms with van der Waals surface area (Å²) >= 11 is 6.09. The zero-order chi connectivity index (χ0) is 13.0. The molecule has 3 N–H and O–H groups in total. The molecule has 0 saturated carbocycles. The molecule has 3 nitrogen and oxygen atoms in total. The van der Waals surface area contributed by atoms with Crippen molar-refractivity contribution in [3.63, 3.8) is 0 Å². The summed E-state index contributed by atoms with van der Waals surface area (Å²) in [6, 6.07) is 13.1. The van der Waals surface area contributed by atoms with Crippen molar-refractivity contribution >= 4 is 28.7 Å². The first-order chi connectivity index (χ1) is 8.72. The van der Waals surface area contributed by atoms with Gasteiger partial charge in [-0.1, -0.05) is 29.8 Å². The van der Waals surface area contributed by atoms with Crippen LogP contribution >= 0.6 is 11.6 Å². The molecule has 0 saturated heterocycles. The molecule has 0 aromatic heterocycles. The van der Waals surface area contributed by atoms with E-state index in [0.717, 1.165) is 11.4 Å². The lowest BCUT2D eigenvalue weighted by molar-refractivity contribution is 0.342. The number of benzene rings is 2. The van der Waals surface area contributed by atoms with Gasteiger partial charge in [-0.2, -0.15) is 0 Å². The first-order valence-electron chi connectivity index (χ1n) is 5.75. The van der Waals surface area contributed by atoms with Crippen LogP contribution in [0.15, 0.2) is 42.5 Å². The van der Waals surface area contributed by atoms with E-state index in [9.17, 15) is 0 Å². The van der Waals surface area contributed by atoms with Gasteiger partial charge in [0.15, 0.2) is 0 Å².